The van der Waals surface area contributed by atoms with Crippen molar-refractivity contribution in [3.05, 3.63) is 58.5 Å². The third-order valence-corrected chi connectivity index (χ3v) is 5.44. The highest BCUT2D eigenvalue weighted by Gasteiger charge is 2.25. The molecule has 2 heterocycles. The van der Waals surface area contributed by atoms with E-state index in [1.807, 2.05) is 19.1 Å². The number of imidazole rings is 1. The number of hydrogen-bond donors (Lipinski definition) is 2. The Morgan fingerprint density at radius 2 is 2.14 bits per heavy atom. The molecule has 7 nitrogen and oxygen atoms in total. The van der Waals surface area contributed by atoms with Crippen LogP contribution in [0.3, 0.4) is 0 Å². The average Bonchev–Trinajstić information content (AvgIpc) is 3.27. The van der Waals surface area contributed by atoms with Crippen LogP contribution in [0.25, 0.3) is 11.5 Å². The van der Waals surface area contributed by atoms with Gasteiger partial charge in [-0.3, -0.25) is 4.79 Å². The summed E-state index contributed by atoms with van der Waals surface area (Å²) in [6.07, 6.45) is 4.08. The number of aryl methyl sites for hydroxylation is 1. The van der Waals surface area contributed by atoms with Gasteiger partial charge in [-0.25, -0.2) is 9.97 Å². The fraction of sp³-hybridized carbons (Fsp3) is 0.381. The first kappa shape index (κ1) is 19.7. The first-order valence-corrected chi connectivity index (χ1v) is 10.1. The van der Waals surface area contributed by atoms with E-state index in [0.29, 0.717) is 29.6 Å². The van der Waals surface area contributed by atoms with E-state index >= 15 is 0 Å². The number of hydrogen-bond acceptors (Lipinski definition) is 5. The zero-order chi connectivity index (χ0) is 20.4. The molecular weight excluding hydrogens is 392 g/mol. The van der Waals surface area contributed by atoms with Crippen LogP contribution >= 0.6 is 11.6 Å². The van der Waals surface area contributed by atoms with Gasteiger partial charge in [-0.1, -0.05) is 11.6 Å². The zero-order valence-electron chi connectivity index (χ0n) is 16.2. The lowest BCUT2D eigenvalue weighted by atomic mass is 9.95. The monoisotopic (exact) mass is 414 g/mol. The molecule has 152 valence electrons. The molecule has 4 rings (SSSR count). The fourth-order valence-corrected chi connectivity index (χ4v) is 3.96. The van der Waals surface area contributed by atoms with Crippen molar-refractivity contribution in [2.75, 3.05) is 6.61 Å². The van der Waals surface area contributed by atoms with Crippen LogP contribution in [0.1, 0.15) is 29.3 Å². The molecule has 0 spiro atoms. The van der Waals surface area contributed by atoms with Gasteiger partial charge in [0.2, 0.25) is 11.8 Å². The van der Waals surface area contributed by atoms with Gasteiger partial charge < -0.3 is 19.4 Å². The van der Waals surface area contributed by atoms with Crippen molar-refractivity contribution in [2.45, 2.75) is 45.2 Å². The number of halogens is 1. The number of aliphatic hydroxyl groups is 1. The summed E-state index contributed by atoms with van der Waals surface area (Å²) in [7, 11) is 0. The molecular formula is C21H23ClN4O3. The van der Waals surface area contributed by atoms with E-state index in [9.17, 15) is 9.90 Å². The third-order valence-electron chi connectivity index (χ3n) is 5.19. The summed E-state index contributed by atoms with van der Waals surface area (Å²) in [5.74, 6) is 1.30. The molecule has 29 heavy (non-hydrogen) atoms. The standard InChI is InChI=1S/C21H23ClN4O3/c1-13-23-18-10-16(6-7-19(18)26(13)8-9-27)24-20(28)11-17-12-29-21(25-17)14-2-4-15(22)5-3-14/h2-5,12,16,27H,6-11H2,1H3,(H,24,28). The van der Waals surface area contributed by atoms with Crippen LogP contribution < -0.4 is 5.32 Å². The van der Waals surface area contributed by atoms with E-state index in [2.05, 4.69) is 19.9 Å². The molecule has 2 N–H and O–H groups in total. The SMILES string of the molecule is Cc1nc2c(n1CCO)CCC(NC(=O)Cc1coc(-c3ccc(Cl)cc3)n1)C2. The number of carbonyl (C=O) groups excluding carboxylic acids is 1. The number of aromatic nitrogens is 3. The van der Waals surface area contributed by atoms with Crippen LogP contribution in [0.5, 0.6) is 0 Å². The number of amides is 1. The Hall–Kier alpha value is -2.64. The van der Waals surface area contributed by atoms with Crippen LogP contribution in [-0.4, -0.2) is 38.2 Å². The molecule has 0 saturated heterocycles. The minimum Gasteiger partial charge on any atom is -0.444 e. The summed E-state index contributed by atoms with van der Waals surface area (Å²) in [6.45, 7) is 2.61. The van der Waals surface area contributed by atoms with Crippen molar-refractivity contribution in [2.24, 2.45) is 0 Å². The van der Waals surface area contributed by atoms with Crippen LogP contribution in [0.15, 0.2) is 34.9 Å². The van der Waals surface area contributed by atoms with Crippen LogP contribution in [0, 0.1) is 6.92 Å². The van der Waals surface area contributed by atoms with E-state index in [1.54, 1.807) is 12.1 Å². The molecule has 1 amide bonds. The third kappa shape index (κ3) is 4.36. The molecule has 0 bridgehead atoms. The van der Waals surface area contributed by atoms with Gasteiger partial charge in [-0.05, 0) is 44.0 Å². The van der Waals surface area contributed by atoms with Gasteiger partial charge >= 0.3 is 0 Å². The lowest BCUT2D eigenvalue weighted by molar-refractivity contribution is -0.121. The van der Waals surface area contributed by atoms with Crippen LogP contribution in [0.2, 0.25) is 5.02 Å². The van der Waals surface area contributed by atoms with E-state index in [0.717, 1.165) is 29.9 Å². The quantitative estimate of drug-likeness (QED) is 0.646. The predicted octanol–water partition coefficient (Wildman–Crippen LogP) is 2.71. The van der Waals surface area contributed by atoms with Crippen molar-refractivity contribution >= 4 is 17.5 Å². The second-order valence-corrected chi connectivity index (χ2v) is 7.70. The van der Waals surface area contributed by atoms with Gasteiger partial charge in [-0.2, -0.15) is 0 Å². The number of rotatable bonds is 6. The Morgan fingerprint density at radius 1 is 1.34 bits per heavy atom. The largest absolute Gasteiger partial charge is 0.444 e. The molecule has 1 unspecified atom stereocenters. The summed E-state index contributed by atoms with van der Waals surface area (Å²) >= 11 is 5.90. The number of nitrogens with zero attached hydrogens (tertiary/aromatic N) is 3. The molecule has 3 aromatic rings. The highest BCUT2D eigenvalue weighted by molar-refractivity contribution is 6.30. The topological polar surface area (TPSA) is 93.2 Å². The molecule has 0 aliphatic heterocycles. The summed E-state index contributed by atoms with van der Waals surface area (Å²) in [5, 5.41) is 13.0. The number of benzene rings is 1. The number of carbonyl (C=O) groups is 1. The molecule has 0 fully saturated rings. The molecule has 0 saturated carbocycles. The maximum Gasteiger partial charge on any atom is 0.226 e. The Kier molecular flexibility index (Phi) is 5.69. The predicted molar refractivity (Wildman–Crippen MR) is 109 cm³/mol. The Balaban J connectivity index is 1.36. The maximum absolute atomic E-state index is 12.5. The number of fused-ring (bicyclic) bond motifs is 1. The van der Waals surface area contributed by atoms with Crippen molar-refractivity contribution in [3.8, 4) is 11.5 Å². The van der Waals surface area contributed by atoms with Gasteiger partial charge in [0, 0.05) is 35.3 Å². The lowest BCUT2D eigenvalue weighted by Crippen LogP contribution is -2.40. The summed E-state index contributed by atoms with van der Waals surface area (Å²) in [6, 6.07) is 7.25. The second-order valence-electron chi connectivity index (χ2n) is 7.26. The normalized spacial score (nSPS) is 15.9. The van der Waals surface area contributed by atoms with E-state index in [4.69, 9.17) is 16.0 Å². The minimum atomic E-state index is -0.0825. The van der Waals surface area contributed by atoms with Crippen molar-refractivity contribution in [1.82, 2.24) is 19.9 Å². The van der Waals surface area contributed by atoms with Crippen molar-refractivity contribution in [3.63, 3.8) is 0 Å². The lowest BCUT2D eigenvalue weighted by Gasteiger charge is -2.23. The highest BCUT2D eigenvalue weighted by Crippen LogP contribution is 2.23. The van der Waals surface area contributed by atoms with E-state index < -0.39 is 0 Å². The van der Waals surface area contributed by atoms with Gasteiger partial charge in [0.05, 0.1) is 24.4 Å². The molecule has 1 aliphatic rings. The number of aliphatic hydroxyl groups excluding tert-OH is 1. The molecule has 1 atom stereocenters. The summed E-state index contributed by atoms with van der Waals surface area (Å²) in [4.78, 5) is 21.5. The molecule has 1 aliphatic carbocycles. The first-order chi connectivity index (χ1) is 14.0. The second kappa shape index (κ2) is 8.39. The van der Waals surface area contributed by atoms with Crippen LogP contribution in [-0.2, 0) is 30.6 Å². The van der Waals surface area contributed by atoms with Crippen LogP contribution in [0.4, 0.5) is 0 Å². The first-order valence-electron chi connectivity index (χ1n) is 9.69. The summed E-state index contributed by atoms with van der Waals surface area (Å²) in [5.41, 5.74) is 3.59. The molecule has 1 aromatic carbocycles. The zero-order valence-corrected chi connectivity index (χ0v) is 16.9. The van der Waals surface area contributed by atoms with E-state index in [-0.39, 0.29) is 25.0 Å². The van der Waals surface area contributed by atoms with Crippen molar-refractivity contribution in [1.29, 1.82) is 0 Å². The summed E-state index contributed by atoms with van der Waals surface area (Å²) < 4.78 is 7.57. The molecule has 0 radical (unpaired) electrons. The average molecular weight is 415 g/mol. The Labute approximate surface area is 173 Å². The minimum absolute atomic E-state index is 0.0505. The van der Waals surface area contributed by atoms with Gasteiger partial charge in [0.1, 0.15) is 12.1 Å². The van der Waals surface area contributed by atoms with Gasteiger partial charge in [0.25, 0.3) is 0 Å². The van der Waals surface area contributed by atoms with E-state index in [1.165, 1.54) is 12.0 Å². The fourth-order valence-electron chi connectivity index (χ4n) is 3.84. The molecule has 2 aromatic heterocycles. The van der Waals surface area contributed by atoms with Crippen molar-refractivity contribution < 1.29 is 14.3 Å². The Morgan fingerprint density at radius 3 is 2.90 bits per heavy atom. The number of oxazole rings is 1. The highest BCUT2D eigenvalue weighted by atomic mass is 35.5. The molecule has 8 heteroatoms. The van der Waals surface area contributed by atoms with Gasteiger partial charge in [-0.15, -0.1) is 0 Å². The number of nitrogens with one attached hydrogen (secondary N) is 1. The Bertz CT molecular complexity index is 1010. The van der Waals surface area contributed by atoms with Gasteiger partial charge in [0.15, 0.2) is 0 Å². The smallest absolute Gasteiger partial charge is 0.226 e. The maximum atomic E-state index is 12.5.